The predicted octanol–water partition coefficient (Wildman–Crippen LogP) is 4.20. The maximum absolute atomic E-state index is 13.4. The number of carbonyl (C=O) groups excluding carboxylic acids is 1. The number of fused-ring (bicyclic) bond motifs is 3. The average molecular weight is 390 g/mol. The third-order valence-electron chi connectivity index (χ3n) is 5.84. The van der Waals surface area contributed by atoms with Crippen LogP contribution in [0.3, 0.4) is 0 Å². The predicted molar refractivity (Wildman–Crippen MR) is 114 cm³/mol. The standard InChI is InChI=1S/C24H26N2O3/c1-4-8-18-19(12-11-17-10-7-6-9-16(17)3)25-21-13-14-24(23(28)29-5-2)15-20(24)26(21)22(18)27/h6-7,9-14,20H,4-5,8,15H2,1-3H3/b12-11+. The molecular formula is C24H26N2O3. The molecule has 0 radical (unpaired) electrons. The highest BCUT2D eigenvalue weighted by molar-refractivity contribution is 5.86. The van der Waals surface area contributed by atoms with Gasteiger partial charge in [-0.2, -0.15) is 0 Å². The Morgan fingerprint density at radius 2 is 2.10 bits per heavy atom. The molecule has 1 aromatic heterocycles. The molecule has 1 fully saturated rings. The van der Waals surface area contributed by atoms with Gasteiger partial charge in [-0.3, -0.25) is 14.2 Å². The van der Waals surface area contributed by atoms with Crippen molar-refractivity contribution in [3.05, 3.63) is 68.9 Å². The molecule has 5 heteroatoms. The Labute approximate surface area is 170 Å². The minimum Gasteiger partial charge on any atom is -0.465 e. The molecule has 0 amide bonds. The molecule has 5 nitrogen and oxygen atoms in total. The van der Waals surface area contributed by atoms with Crippen molar-refractivity contribution in [2.45, 2.75) is 46.1 Å². The third kappa shape index (κ3) is 3.24. The smallest absolute Gasteiger partial charge is 0.318 e. The number of hydrogen-bond donors (Lipinski definition) is 0. The first-order valence-electron chi connectivity index (χ1n) is 10.3. The lowest BCUT2D eigenvalue weighted by atomic mass is 10.0. The molecule has 1 aromatic carbocycles. The first-order valence-corrected chi connectivity index (χ1v) is 10.3. The molecule has 2 heterocycles. The second-order valence-corrected chi connectivity index (χ2v) is 7.76. The Hall–Kier alpha value is -2.95. The summed E-state index contributed by atoms with van der Waals surface area (Å²) in [5.41, 5.74) is 2.96. The molecule has 1 aliphatic heterocycles. The van der Waals surface area contributed by atoms with Crippen LogP contribution in [0.2, 0.25) is 0 Å². The van der Waals surface area contributed by atoms with E-state index in [-0.39, 0.29) is 17.6 Å². The van der Waals surface area contributed by atoms with E-state index in [2.05, 4.69) is 19.9 Å². The Balaban J connectivity index is 1.76. The first kappa shape index (κ1) is 19.4. The van der Waals surface area contributed by atoms with Crippen LogP contribution in [-0.4, -0.2) is 22.1 Å². The van der Waals surface area contributed by atoms with Crippen LogP contribution in [0.5, 0.6) is 0 Å². The largest absolute Gasteiger partial charge is 0.465 e. The van der Waals surface area contributed by atoms with Gasteiger partial charge >= 0.3 is 5.97 Å². The number of hydrogen-bond acceptors (Lipinski definition) is 4. The summed E-state index contributed by atoms with van der Waals surface area (Å²) < 4.78 is 6.95. The number of rotatable bonds is 6. The number of nitrogens with zero attached hydrogens (tertiary/aromatic N) is 2. The molecule has 0 bridgehead atoms. The van der Waals surface area contributed by atoms with Crippen LogP contribution in [-0.2, 0) is 16.0 Å². The van der Waals surface area contributed by atoms with Crippen LogP contribution in [0, 0.1) is 12.3 Å². The summed E-state index contributed by atoms with van der Waals surface area (Å²) in [5.74, 6) is 0.362. The highest BCUT2D eigenvalue weighted by Crippen LogP contribution is 2.60. The number of esters is 1. The number of carbonyl (C=O) groups is 1. The lowest BCUT2D eigenvalue weighted by Crippen LogP contribution is -2.33. The Morgan fingerprint density at radius 3 is 2.83 bits per heavy atom. The van der Waals surface area contributed by atoms with Crippen LogP contribution in [0.4, 0.5) is 0 Å². The number of benzene rings is 1. The second kappa shape index (κ2) is 7.47. The summed E-state index contributed by atoms with van der Waals surface area (Å²) in [6, 6.07) is 7.93. The maximum Gasteiger partial charge on any atom is 0.318 e. The Kier molecular flexibility index (Phi) is 4.99. The van der Waals surface area contributed by atoms with Gasteiger partial charge in [-0.1, -0.05) is 49.8 Å². The highest BCUT2D eigenvalue weighted by atomic mass is 16.5. The van der Waals surface area contributed by atoms with Crippen molar-refractivity contribution in [3.8, 4) is 0 Å². The van der Waals surface area contributed by atoms with Crippen LogP contribution in [0.1, 0.15) is 60.9 Å². The van der Waals surface area contributed by atoms with Crippen LogP contribution in [0.25, 0.3) is 18.2 Å². The van der Waals surface area contributed by atoms with E-state index in [1.807, 2.05) is 36.4 Å². The summed E-state index contributed by atoms with van der Waals surface area (Å²) in [5, 5.41) is 0. The van der Waals surface area contributed by atoms with E-state index in [1.54, 1.807) is 17.6 Å². The fraction of sp³-hybridized carbons (Fsp3) is 0.375. The maximum atomic E-state index is 13.4. The van der Waals surface area contributed by atoms with E-state index in [4.69, 9.17) is 9.72 Å². The molecule has 4 rings (SSSR count). The second-order valence-electron chi connectivity index (χ2n) is 7.76. The van der Waals surface area contributed by atoms with Gasteiger partial charge in [0.25, 0.3) is 5.56 Å². The minimum atomic E-state index is -0.698. The Bertz CT molecular complexity index is 1080. The van der Waals surface area contributed by atoms with E-state index >= 15 is 0 Å². The highest BCUT2D eigenvalue weighted by Gasteiger charge is 2.63. The average Bonchev–Trinajstić information content (AvgIpc) is 3.46. The van der Waals surface area contributed by atoms with Crippen LogP contribution >= 0.6 is 0 Å². The molecule has 2 atom stereocenters. The molecule has 0 spiro atoms. The first-order chi connectivity index (χ1) is 14.0. The molecule has 0 saturated heterocycles. The van der Waals surface area contributed by atoms with Gasteiger partial charge in [0.2, 0.25) is 0 Å². The van der Waals surface area contributed by atoms with Gasteiger partial charge in [0.15, 0.2) is 0 Å². The van der Waals surface area contributed by atoms with E-state index in [0.29, 0.717) is 36.5 Å². The van der Waals surface area contributed by atoms with Gasteiger partial charge in [-0.25, -0.2) is 4.98 Å². The van der Waals surface area contributed by atoms with Crippen molar-refractivity contribution in [1.29, 1.82) is 0 Å². The topological polar surface area (TPSA) is 61.2 Å². The quantitative estimate of drug-likeness (QED) is 0.694. The van der Waals surface area contributed by atoms with Crippen molar-refractivity contribution in [2.75, 3.05) is 6.61 Å². The van der Waals surface area contributed by atoms with Crippen LogP contribution in [0.15, 0.2) is 35.1 Å². The summed E-state index contributed by atoms with van der Waals surface area (Å²) in [6.45, 7) is 6.25. The molecule has 150 valence electrons. The number of aryl methyl sites for hydroxylation is 1. The zero-order valence-electron chi connectivity index (χ0n) is 17.1. The van der Waals surface area contributed by atoms with Crippen molar-refractivity contribution in [2.24, 2.45) is 5.41 Å². The fourth-order valence-electron chi connectivity index (χ4n) is 4.13. The van der Waals surface area contributed by atoms with Crippen molar-refractivity contribution in [3.63, 3.8) is 0 Å². The third-order valence-corrected chi connectivity index (χ3v) is 5.84. The van der Waals surface area contributed by atoms with Crippen molar-refractivity contribution in [1.82, 2.24) is 9.55 Å². The van der Waals surface area contributed by atoms with Gasteiger partial charge in [0, 0.05) is 5.56 Å². The van der Waals surface area contributed by atoms with Crippen molar-refractivity contribution >= 4 is 24.2 Å². The van der Waals surface area contributed by atoms with Gasteiger partial charge in [-0.15, -0.1) is 0 Å². The van der Waals surface area contributed by atoms with E-state index in [9.17, 15) is 9.59 Å². The molecule has 2 aliphatic rings. The summed E-state index contributed by atoms with van der Waals surface area (Å²) in [7, 11) is 0. The molecule has 29 heavy (non-hydrogen) atoms. The van der Waals surface area contributed by atoms with E-state index in [0.717, 1.165) is 12.0 Å². The van der Waals surface area contributed by atoms with Gasteiger partial charge in [-0.05, 0) is 50.0 Å². The SMILES string of the molecule is CCCc1c(/C=C/c2ccccc2C)nc2n(c1=O)C1CC1(C(=O)OCC)C=C2. The summed E-state index contributed by atoms with van der Waals surface area (Å²) in [6.07, 6.45) is 9.71. The minimum absolute atomic E-state index is 0.0400. The summed E-state index contributed by atoms with van der Waals surface area (Å²) in [4.78, 5) is 30.6. The molecular weight excluding hydrogens is 364 g/mol. The molecule has 2 aromatic rings. The zero-order chi connectivity index (χ0) is 20.6. The monoisotopic (exact) mass is 390 g/mol. The van der Waals surface area contributed by atoms with E-state index in [1.165, 1.54) is 5.56 Å². The number of aromatic nitrogens is 2. The van der Waals surface area contributed by atoms with Crippen molar-refractivity contribution < 1.29 is 9.53 Å². The number of ether oxygens (including phenoxy) is 1. The molecule has 1 aliphatic carbocycles. The van der Waals surface area contributed by atoms with E-state index < -0.39 is 5.41 Å². The molecule has 0 N–H and O–H groups in total. The van der Waals surface area contributed by atoms with Crippen LogP contribution < -0.4 is 5.56 Å². The van der Waals surface area contributed by atoms with Gasteiger partial charge in [0.05, 0.1) is 18.3 Å². The van der Waals surface area contributed by atoms with Gasteiger partial charge < -0.3 is 4.74 Å². The zero-order valence-corrected chi connectivity index (χ0v) is 17.1. The summed E-state index contributed by atoms with van der Waals surface area (Å²) >= 11 is 0. The Morgan fingerprint density at radius 1 is 1.31 bits per heavy atom. The molecule has 1 saturated carbocycles. The lowest BCUT2D eigenvalue weighted by molar-refractivity contribution is -0.148. The van der Waals surface area contributed by atoms with Gasteiger partial charge in [0.1, 0.15) is 11.2 Å². The normalized spacial score (nSPS) is 21.7. The molecule has 2 unspecified atom stereocenters. The fourth-order valence-corrected chi connectivity index (χ4v) is 4.13. The lowest BCUT2D eigenvalue weighted by Gasteiger charge is -2.20.